The molecule has 49 heavy (non-hydrogen) atoms. The minimum atomic E-state index is -4.14. The van der Waals surface area contributed by atoms with Gasteiger partial charge in [-0.25, -0.2) is 21.6 Å². The van der Waals surface area contributed by atoms with Gasteiger partial charge in [-0.05, 0) is 90.0 Å². The molecule has 0 bridgehead atoms. The number of esters is 1. The van der Waals surface area contributed by atoms with Gasteiger partial charge >= 0.3 is 5.97 Å². The zero-order chi connectivity index (χ0) is 35.2. The summed E-state index contributed by atoms with van der Waals surface area (Å²) in [7, 11) is -6.90. The number of benzene rings is 4. The molecule has 2 atom stereocenters. The monoisotopic (exact) mass is 706 g/mol. The smallest absolute Gasteiger partial charge is 0.337 e. The van der Waals surface area contributed by atoms with Crippen LogP contribution in [0.25, 0.3) is 10.8 Å². The molecule has 0 spiro atoms. The molecule has 0 aromatic heterocycles. The van der Waals surface area contributed by atoms with Gasteiger partial charge < -0.3 is 20.7 Å². The molecule has 1 saturated heterocycles. The van der Waals surface area contributed by atoms with E-state index in [0.29, 0.717) is 18.7 Å². The van der Waals surface area contributed by atoms with E-state index in [1.54, 1.807) is 35.2 Å². The first kappa shape index (κ1) is 35.3. The molecule has 4 aromatic carbocycles. The molecule has 1 fully saturated rings. The van der Waals surface area contributed by atoms with Crippen molar-refractivity contribution in [3.63, 3.8) is 0 Å². The van der Waals surface area contributed by atoms with Gasteiger partial charge in [0.1, 0.15) is 6.04 Å². The van der Waals surface area contributed by atoms with Crippen LogP contribution in [0, 0.1) is 11.3 Å². The van der Waals surface area contributed by atoms with Gasteiger partial charge in [-0.1, -0.05) is 42.5 Å². The van der Waals surface area contributed by atoms with Crippen LogP contribution in [0.5, 0.6) is 0 Å². The summed E-state index contributed by atoms with van der Waals surface area (Å²) >= 11 is 0. The molecule has 1 amide bonds. The molecule has 0 aliphatic carbocycles. The molecule has 1 aliphatic heterocycles. The zero-order valence-corrected chi connectivity index (χ0v) is 28.4. The number of amides is 1. The molecular formula is C34H38N6O7S2. The second kappa shape index (κ2) is 15.1. The molecule has 1 aliphatic rings. The van der Waals surface area contributed by atoms with Crippen LogP contribution < -0.4 is 20.5 Å². The topological polar surface area (TPSA) is 201 Å². The maximum atomic E-state index is 13.6. The highest BCUT2D eigenvalue weighted by Crippen LogP contribution is 2.22. The highest BCUT2D eigenvalue weighted by atomic mass is 32.2. The summed E-state index contributed by atoms with van der Waals surface area (Å²) in [6.07, 6.45) is 1.61. The standard InChI is InChI=1S/C34H38N6O7S2/c1-47-33(42)26-11-15-29(16-12-26)48(43,44)38-28-13-8-23(9-14-28)19-31(32(41)37-21-24-5-4-18-40(22-24)34(35)36)39-49(45,46)30-17-10-25-6-2-3-7-27(25)20-30/h2-3,6-17,20,24,31,38-39H,4-5,18-19,21-22H2,1H3,(H3,35,36)(H,37,41)/t24?,31-/m1/s1. The summed E-state index contributed by atoms with van der Waals surface area (Å²) < 4.78 is 62.8. The van der Waals surface area contributed by atoms with Crippen molar-refractivity contribution < 1.29 is 31.2 Å². The van der Waals surface area contributed by atoms with Crippen molar-refractivity contribution in [3.8, 4) is 0 Å². The average molecular weight is 707 g/mol. The Labute approximate surface area is 285 Å². The van der Waals surface area contributed by atoms with E-state index >= 15 is 0 Å². The van der Waals surface area contributed by atoms with Crippen LogP contribution in [0.1, 0.15) is 28.8 Å². The minimum absolute atomic E-state index is 0.0118. The molecule has 1 unspecified atom stereocenters. The molecule has 5 rings (SSSR count). The van der Waals surface area contributed by atoms with Crippen LogP contribution in [-0.2, 0) is 36.0 Å². The fraction of sp³-hybridized carbons (Fsp3) is 0.265. The summed E-state index contributed by atoms with van der Waals surface area (Å²) in [5.74, 6) is -1.11. The molecule has 15 heteroatoms. The van der Waals surface area contributed by atoms with Crippen molar-refractivity contribution in [1.29, 1.82) is 5.41 Å². The first-order valence-electron chi connectivity index (χ1n) is 15.5. The van der Waals surface area contributed by atoms with Crippen molar-refractivity contribution in [2.45, 2.75) is 35.1 Å². The van der Waals surface area contributed by atoms with E-state index in [-0.39, 0.29) is 45.9 Å². The summed E-state index contributed by atoms with van der Waals surface area (Å²) in [6, 6.07) is 22.4. The van der Waals surface area contributed by atoms with Crippen LogP contribution >= 0.6 is 0 Å². The Bertz CT molecular complexity index is 2050. The van der Waals surface area contributed by atoms with Crippen molar-refractivity contribution in [3.05, 3.63) is 102 Å². The molecule has 0 radical (unpaired) electrons. The van der Waals surface area contributed by atoms with Crippen molar-refractivity contribution in [2.24, 2.45) is 11.7 Å². The summed E-state index contributed by atoms with van der Waals surface area (Å²) in [4.78, 5) is 27.0. The normalized spacial score (nSPS) is 15.7. The molecule has 6 N–H and O–H groups in total. The number of likely N-dealkylation sites (tertiary alicyclic amines) is 1. The van der Waals surface area contributed by atoms with Gasteiger partial charge in [0.25, 0.3) is 10.0 Å². The van der Waals surface area contributed by atoms with Crippen LogP contribution in [0.15, 0.2) is 101 Å². The number of hydrogen-bond acceptors (Lipinski definition) is 8. The third-order valence-electron chi connectivity index (χ3n) is 8.30. The maximum absolute atomic E-state index is 13.6. The van der Waals surface area contributed by atoms with Crippen molar-refractivity contribution in [1.82, 2.24) is 14.9 Å². The fourth-order valence-corrected chi connectivity index (χ4v) is 7.93. The van der Waals surface area contributed by atoms with E-state index in [2.05, 4.69) is 19.5 Å². The Morgan fingerprint density at radius 1 is 0.918 bits per heavy atom. The minimum Gasteiger partial charge on any atom is -0.465 e. The van der Waals surface area contributed by atoms with Crippen LogP contribution in [0.3, 0.4) is 0 Å². The predicted molar refractivity (Wildman–Crippen MR) is 186 cm³/mol. The maximum Gasteiger partial charge on any atom is 0.337 e. The van der Waals surface area contributed by atoms with E-state index in [9.17, 15) is 26.4 Å². The van der Waals surface area contributed by atoms with E-state index < -0.39 is 38.0 Å². The van der Waals surface area contributed by atoms with Gasteiger partial charge in [-0.2, -0.15) is 4.72 Å². The van der Waals surface area contributed by atoms with E-state index in [0.717, 1.165) is 23.6 Å². The number of carbonyl (C=O) groups is 2. The Morgan fingerprint density at radius 3 is 2.27 bits per heavy atom. The molecular weight excluding hydrogens is 669 g/mol. The molecule has 13 nitrogen and oxygen atoms in total. The number of guanidine groups is 1. The van der Waals surface area contributed by atoms with E-state index in [1.807, 2.05) is 18.2 Å². The first-order valence-corrected chi connectivity index (χ1v) is 18.5. The molecule has 0 saturated carbocycles. The molecule has 258 valence electrons. The fourth-order valence-electron chi connectivity index (χ4n) is 5.64. The van der Waals surface area contributed by atoms with Crippen LogP contribution in [0.4, 0.5) is 5.69 Å². The van der Waals surface area contributed by atoms with Gasteiger partial charge in [0.15, 0.2) is 5.96 Å². The Kier molecular flexibility index (Phi) is 10.9. The Hall–Kier alpha value is -4.99. The lowest BCUT2D eigenvalue weighted by Crippen LogP contribution is -2.51. The lowest BCUT2D eigenvalue weighted by atomic mass is 9.98. The average Bonchev–Trinajstić information content (AvgIpc) is 3.10. The zero-order valence-electron chi connectivity index (χ0n) is 26.8. The van der Waals surface area contributed by atoms with Gasteiger partial charge in [-0.15, -0.1) is 0 Å². The van der Waals surface area contributed by atoms with Gasteiger partial charge in [0.2, 0.25) is 15.9 Å². The molecule has 1 heterocycles. The number of nitrogens with zero attached hydrogens (tertiary/aromatic N) is 1. The quantitative estimate of drug-likeness (QED) is 0.0834. The Morgan fingerprint density at radius 2 is 1.59 bits per heavy atom. The van der Waals surface area contributed by atoms with Crippen LogP contribution in [0.2, 0.25) is 0 Å². The van der Waals surface area contributed by atoms with Gasteiger partial charge in [-0.3, -0.25) is 14.9 Å². The third kappa shape index (κ3) is 8.93. The lowest BCUT2D eigenvalue weighted by Gasteiger charge is -2.33. The van der Waals surface area contributed by atoms with Crippen molar-refractivity contribution >= 4 is 54.3 Å². The number of nitrogens with two attached hydrogens (primary N) is 1. The van der Waals surface area contributed by atoms with Crippen molar-refractivity contribution in [2.75, 3.05) is 31.5 Å². The summed E-state index contributed by atoms with van der Waals surface area (Å²) in [5, 5.41) is 12.2. The number of fused-ring (bicyclic) bond motifs is 1. The number of methoxy groups -OCH3 is 1. The number of sulfonamides is 2. The molecule has 4 aromatic rings. The summed E-state index contributed by atoms with van der Waals surface area (Å²) in [5.41, 5.74) is 6.69. The number of anilines is 1. The number of rotatable bonds is 12. The highest BCUT2D eigenvalue weighted by molar-refractivity contribution is 7.92. The number of ether oxygens (including phenoxy) is 1. The third-order valence-corrected chi connectivity index (χ3v) is 11.2. The first-order chi connectivity index (χ1) is 23.3. The number of carbonyl (C=O) groups excluding carboxylic acids is 2. The largest absolute Gasteiger partial charge is 0.465 e. The second-order valence-corrected chi connectivity index (χ2v) is 15.2. The second-order valence-electron chi connectivity index (χ2n) is 11.8. The van der Waals surface area contributed by atoms with Crippen LogP contribution in [-0.4, -0.2) is 72.4 Å². The van der Waals surface area contributed by atoms with E-state index in [1.165, 1.54) is 49.6 Å². The number of nitrogens with one attached hydrogen (secondary N) is 4. The SMILES string of the molecule is COC(=O)c1ccc(S(=O)(=O)Nc2ccc(C[C@@H](NS(=O)(=O)c3ccc4ccccc4c3)C(=O)NCC3CCCN(C(=N)N)C3)cc2)cc1. The van der Waals surface area contributed by atoms with Gasteiger partial charge in [0.05, 0.1) is 22.5 Å². The number of hydrogen-bond donors (Lipinski definition) is 5. The Balaban J connectivity index is 1.32. The van der Waals surface area contributed by atoms with Gasteiger partial charge in [0, 0.05) is 25.3 Å². The number of piperidine rings is 1. The predicted octanol–water partition coefficient (Wildman–Crippen LogP) is 3.04. The summed E-state index contributed by atoms with van der Waals surface area (Å²) in [6.45, 7) is 1.45. The van der Waals surface area contributed by atoms with E-state index in [4.69, 9.17) is 11.1 Å². The highest BCUT2D eigenvalue weighted by Gasteiger charge is 2.28. The lowest BCUT2D eigenvalue weighted by molar-refractivity contribution is -0.123.